The molecule has 166 valence electrons. The van der Waals surface area contributed by atoms with E-state index < -0.39 is 0 Å². The van der Waals surface area contributed by atoms with Crippen molar-refractivity contribution in [3.8, 4) is 0 Å². The van der Waals surface area contributed by atoms with E-state index in [9.17, 15) is 9.59 Å². The molecule has 8 heteroatoms. The lowest BCUT2D eigenvalue weighted by molar-refractivity contribution is 0.0934. The number of amides is 2. The zero-order valence-corrected chi connectivity index (χ0v) is 17.4. The maximum Gasteiger partial charge on any atom is 0.251 e. The van der Waals surface area contributed by atoms with Crippen LogP contribution in [0.15, 0.2) is 24.3 Å². The minimum absolute atomic E-state index is 0.133. The first-order valence-corrected chi connectivity index (χ1v) is 10.8. The van der Waals surface area contributed by atoms with Crippen LogP contribution < -0.4 is 10.6 Å². The Hall–Kier alpha value is -2.00. The van der Waals surface area contributed by atoms with Crippen LogP contribution >= 0.6 is 0 Å². The molecule has 0 radical (unpaired) electrons. The summed E-state index contributed by atoms with van der Waals surface area (Å²) in [6.07, 6.45) is 4.10. The summed E-state index contributed by atoms with van der Waals surface area (Å²) >= 11 is 0. The van der Waals surface area contributed by atoms with E-state index in [2.05, 4.69) is 10.6 Å². The summed E-state index contributed by atoms with van der Waals surface area (Å²) < 4.78 is 21.1. The Balaban J connectivity index is 1.21. The molecule has 1 aromatic carbocycles. The van der Waals surface area contributed by atoms with Crippen molar-refractivity contribution in [2.24, 2.45) is 0 Å². The molecule has 30 heavy (non-hydrogen) atoms. The molecule has 0 aliphatic carbocycles. The predicted octanol–water partition coefficient (Wildman–Crippen LogP) is 1.54. The second-order valence-corrected chi connectivity index (χ2v) is 7.56. The van der Waals surface area contributed by atoms with Crippen LogP contribution in [0, 0.1) is 0 Å². The van der Waals surface area contributed by atoms with E-state index in [1.807, 2.05) is 0 Å². The third-order valence-corrected chi connectivity index (χ3v) is 4.82. The maximum absolute atomic E-state index is 12.2. The number of unbranched alkanes of at least 4 members (excludes halogenated alkanes) is 2. The van der Waals surface area contributed by atoms with Crippen LogP contribution in [0.25, 0.3) is 0 Å². The van der Waals surface area contributed by atoms with Gasteiger partial charge in [-0.15, -0.1) is 0 Å². The second-order valence-electron chi connectivity index (χ2n) is 7.56. The third-order valence-electron chi connectivity index (χ3n) is 4.82. The molecule has 2 amide bonds. The number of hydrogen-bond acceptors (Lipinski definition) is 6. The van der Waals surface area contributed by atoms with Gasteiger partial charge in [0.2, 0.25) is 0 Å². The van der Waals surface area contributed by atoms with Gasteiger partial charge >= 0.3 is 0 Å². The number of carbonyl (C=O) groups is 2. The molecule has 8 nitrogen and oxygen atoms in total. The lowest BCUT2D eigenvalue weighted by atomic mass is 10.1. The third kappa shape index (κ3) is 9.21. The highest BCUT2D eigenvalue weighted by Crippen LogP contribution is 2.09. The normalized spacial score (nSPS) is 19.3. The van der Waals surface area contributed by atoms with Crippen LogP contribution in [-0.4, -0.2) is 76.8 Å². The van der Waals surface area contributed by atoms with Crippen molar-refractivity contribution in [2.75, 3.05) is 52.7 Å². The molecule has 2 heterocycles. The summed E-state index contributed by atoms with van der Waals surface area (Å²) in [5.74, 6) is -0.267. The highest BCUT2D eigenvalue weighted by molar-refractivity contribution is 5.97. The van der Waals surface area contributed by atoms with Crippen LogP contribution in [0.5, 0.6) is 0 Å². The quantitative estimate of drug-likeness (QED) is 0.311. The first-order valence-electron chi connectivity index (χ1n) is 10.8. The molecule has 2 aliphatic heterocycles. The van der Waals surface area contributed by atoms with Crippen molar-refractivity contribution < 1.29 is 28.5 Å². The summed E-state index contributed by atoms with van der Waals surface area (Å²) in [7, 11) is 0. The molecular formula is C22H32N2O6. The number of carbonyl (C=O) groups excluding carboxylic acids is 2. The smallest absolute Gasteiger partial charge is 0.251 e. The highest BCUT2D eigenvalue weighted by atomic mass is 16.6. The van der Waals surface area contributed by atoms with Crippen LogP contribution in [0.2, 0.25) is 0 Å². The van der Waals surface area contributed by atoms with Crippen LogP contribution in [0.4, 0.5) is 0 Å². The van der Waals surface area contributed by atoms with Crippen LogP contribution in [-0.2, 0) is 18.9 Å². The molecule has 1 aromatic rings. The Bertz CT molecular complexity index is 601. The summed E-state index contributed by atoms with van der Waals surface area (Å²) in [6.45, 7) is 5.51. The number of benzene rings is 1. The molecule has 0 bridgehead atoms. The van der Waals surface area contributed by atoms with Crippen molar-refractivity contribution in [1.29, 1.82) is 0 Å². The van der Waals surface area contributed by atoms with Gasteiger partial charge in [0.25, 0.3) is 11.8 Å². The standard InChI is InChI=1S/C22H32N2O6/c25-21(23-9-1-3-11-27-13-19-15-29-19)17-5-7-18(8-6-17)22(26)24-10-2-4-12-28-14-20-16-30-20/h5-8,19-20H,1-4,9-16H2,(H,23,25)(H,24,26). The van der Waals surface area contributed by atoms with E-state index in [1.54, 1.807) is 24.3 Å². The lowest BCUT2D eigenvalue weighted by Gasteiger charge is -2.08. The Morgan fingerprint density at radius 3 is 1.53 bits per heavy atom. The largest absolute Gasteiger partial charge is 0.379 e. The van der Waals surface area contributed by atoms with Crippen molar-refractivity contribution in [2.45, 2.75) is 37.9 Å². The average molecular weight is 421 g/mol. The number of epoxide rings is 2. The fraction of sp³-hybridized carbons (Fsp3) is 0.636. The number of ether oxygens (including phenoxy) is 4. The summed E-state index contributed by atoms with van der Waals surface area (Å²) in [6, 6.07) is 6.71. The van der Waals surface area contributed by atoms with Gasteiger partial charge in [0.15, 0.2) is 0 Å². The molecule has 2 saturated heterocycles. The van der Waals surface area contributed by atoms with E-state index in [-0.39, 0.29) is 11.8 Å². The van der Waals surface area contributed by atoms with E-state index in [0.717, 1.165) is 38.9 Å². The van der Waals surface area contributed by atoms with Gasteiger partial charge in [-0.05, 0) is 49.9 Å². The van der Waals surface area contributed by atoms with E-state index >= 15 is 0 Å². The SMILES string of the molecule is O=C(NCCCCOCC1CO1)c1ccc(C(=O)NCCCCOCC2CO2)cc1. The number of hydrogen-bond donors (Lipinski definition) is 2. The molecule has 2 N–H and O–H groups in total. The van der Waals surface area contributed by atoms with Crippen molar-refractivity contribution in [1.82, 2.24) is 10.6 Å². The van der Waals surface area contributed by atoms with E-state index in [0.29, 0.717) is 62.9 Å². The monoisotopic (exact) mass is 420 g/mol. The van der Waals surface area contributed by atoms with Crippen molar-refractivity contribution in [3.63, 3.8) is 0 Å². The van der Waals surface area contributed by atoms with E-state index in [4.69, 9.17) is 18.9 Å². The molecule has 3 rings (SSSR count). The Morgan fingerprint density at radius 2 is 1.17 bits per heavy atom. The second kappa shape index (κ2) is 12.6. The van der Waals surface area contributed by atoms with Crippen LogP contribution in [0.1, 0.15) is 46.4 Å². The minimum Gasteiger partial charge on any atom is -0.379 e. The topological polar surface area (TPSA) is 102 Å². The zero-order chi connectivity index (χ0) is 21.0. The molecule has 0 saturated carbocycles. The highest BCUT2D eigenvalue weighted by Gasteiger charge is 2.22. The number of nitrogens with one attached hydrogen (secondary N) is 2. The van der Waals surface area contributed by atoms with Crippen LogP contribution in [0.3, 0.4) is 0 Å². The van der Waals surface area contributed by atoms with Gasteiger partial charge in [-0.1, -0.05) is 0 Å². The first-order chi connectivity index (χ1) is 14.7. The molecule has 2 aliphatic rings. The summed E-state index contributed by atoms with van der Waals surface area (Å²) in [4.78, 5) is 24.4. The number of rotatable bonds is 16. The van der Waals surface area contributed by atoms with Gasteiger partial charge < -0.3 is 29.6 Å². The molecule has 0 aromatic heterocycles. The molecular weight excluding hydrogens is 388 g/mol. The Morgan fingerprint density at radius 1 is 0.767 bits per heavy atom. The van der Waals surface area contributed by atoms with Gasteiger partial charge in [0.1, 0.15) is 12.2 Å². The Labute approximate surface area is 177 Å². The van der Waals surface area contributed by atoms with Crippen molar-refractivity contribution >= 4 is 11.8 Å². The molecule has 0 spiro atoms. The first kappa shape index (κ1) is 22.7. The summed E-state index contributed by atoms with van der Waals surface area (Å²) in [5, 5.41) is 5.78. The molecule has 2 unspecified atom stereocenters. The van der Waals surface area contributed by atoms with Gasteiger partial charge in [0, 0.05) is 37.4 Å². The van der Waals surface area contributed by atoms with Gasteiger partial charge in [-0.25, -0.2) is 0 Å². The summed E-state index contributed by atoms with van der Waals surface area (Å²) in [5.41, 5.74) is 1.09. The fourth-order valence-corrected chi connectivity index (χ4v) is 2.80. The Kier molecular flexibility index (Phi) is 9.56. The fourth-order valence-electron chi connectivity index (χ4n) is 2.80. The van der Waals surface area contributed by atoms with Gasteiger partial charge in [0.05, 0.1) is 26.4 Å². The zero-order valence-electron chi connectivity index (χ0n) is 17.4. The van der Waals surface area contributed by atoms with Crippen molar-refractivity contribution in [3.05, 3.63) is 35.4 Å². The predicted molar refractivity (Wildman–Crippen MR) is 111 cm³/mol. The molecule has 2 atom stereocenters. The van der Waals surface area contributed by atoms with E-state index in [1.165, 1.54) is 0 Å². The van der Waals surface area contributed by atoms with Gasteiger partial charge in [-0.2, -0.15) is 0 Å². The molecule has 2 fully saturated rings. The average Bonchev–Trinajstić information content (AvgIpc) is 3.67. The maximum atomic E-state index is 12.2. The lowest BCUT2D eigenvalue weighted by Crippen LogP contribution is -2.26. The van der Waals surface area contributed by atoms with Gasteiger partial charge in [-0.3, -0.25) is 9.59 Å². The minimum atomic E-state index is -0.133.